The van der Waals surface area contributed by atoms with Gasteiger partial charge in [-0.05, 0) is 65.3 Å². The van der Waals surface area contributed by atoms with Crippen LogP contribution in [-0.4, -0.2) is 48.0 Å². The number of hydrogen-bond donors (Lipinski definition) is 2. The third-order valence-corrected chi connectivity index (χ3v) is 7.78. The second kappa shape index (κ2) is 13.2. The molecular weight excluding hydrogens is 528 g/mol. The van der Waals surface area contributed by atoms with Crippen LogP contribution in [0.5, 0.6) is 5.75 Å². The third-order valence-electron chi connectivity index (χ3n) is 7.78. The second-order valence-corrected chi connectivity index (χ2v) is 10.4. The summed E-state index contributed by atoms with van der Waals surface area (Å²) in [6.07, 6.45) is 2.08. The van der Waals surface area contributed by atoms with E-state index in [1.165, 1.54) is 5.56 Å². The molecule has 7 heteroatoms. The summed E-state index contributed by atoms with van der Waals surface area (Å²) in [4.78, 5) is 40.7. The lowest BCUT2D eigenvalue weighted by Crippen LogP contribution is -2.35. The van der Waals surface area contributed by atoms with E-state index in [1.807, 2.05) is 66.7 Å². The summed E-state index contributed by atoms with van der Waals surface area (Å²) < 4.78 is 5.46. The number of nitrogens with one attached hydrogen (secondary N) is 1. The van der Waals surface area contributed by atoms with Crippen LogP contribution in [-0.2, 0) is 17.6 Å². The molecule has 1 unspecified atom stereocenters. The van der Waals surface area contributed by atoms with E-state index in [4.69, 9.17) is 4.74 Å². The molecule has 42 heavy (non-hydrogen) atoms. The van der Waals surface area contributed by atoms with Gasteiger partial charge in [0.1, 0.15) is 5.75 Å². The smallest absolute Gasteiger partial charge is 0.305 e. The molecule has 0 spiro atoms. The predicted molar refractivity (Wildman–Crippen MR) is 162 cm³/mol. The number of carboxylic acids is 1. The van der Waals surface area contributed by atoms with E-state index in [-0.39, 0.29) is 30.8 Å². The van der Waals surface area contributed by atoms with Gasteiger partial charge in [0.05, 0.1) is 19.6 Å². The number of aryl methyl sites for hydroxylation is 1. The lowest BCUT2D eigenvalue weighted by Gasteiger charge is -2.24. The predicted octanol–water partition coefficient (Wildman–Crippen LogP) is 5.94. The molecule has 4 aromatic carbocycles. The van der Waals surface area contributed by atoms with Crippen LogP contribution in [0.2, 0.25) is 0 Å². The maximum Gasteiger partial charge on any atom is 0.305 e. The van der Waals surface area contributed by atoms with Crippen LogP contribution >= 0.6 is 0 Å². The van der Waals surface area contributed by atoms with Gasteiger partial charge in [-0.2, -0.15) is 0 Å². The second-order valence-electron chi connectivity index (χ2n) is 10.4. The van der Waals surface area contributed by atoms with Crippen molar-refractivity contribution in [3.63, 3.8) is 0 Å². The minimum absolute atomic E-state index is 0.0564. The summed E-state index contributed by atoms with van der Waals surface area (Å²) >= 11 is 0. The van der Waals surface area contributed by atoms with Crippen LogP contribution in [0.25, 0.3) is 11.1 Å². The summed E-state index contributed by atoms with van der Waals surface area (Å²) in [5.74, 6) is -0.752. The molecule has 1 aliphatic rings. The minimum Gasteiger partial charge on any atom is -0.496 e. The summed E-state index contributed by atoms with van der Waals surface area (Å²) in [5.41, 5.74) is 5.48. The zero-order valence-electron chi connectivity index (χ0n) is 23.6. The van der Waals surface area contributed by atoms with E-state index >= 15 is 0 Å². The molecule has 0 aromatic heterocycles. The first-order chi connectivity index (χ1) is 20.5. The largest absolute Gasteiger partial charge is 0.496 e. The number of hydrogen-bond acceptors (Lipinski definition) is 4. The molecule has 1 atom stereocenters. The van der Waals surface area contributed by atoms with E-state index < -0.39 is 5.97 Å². The van der Waals surface area contributed by atoms with Crippen molar-refractivity contribution in [2.45, 2.75) is 31.7 Å². The number of para-hydroxylation sites is 1. The number of carboxylic acid groups (broad SMARTS) is 1. The van der Waals surface area contributed by atoms with E-state index in [1.54, 1.807) is 30.2 Å². The minimum atomic E-state index is -0.978. The van der Waals surface area contributed by atoms with Crippen molar-refractivity contribution in [2.24, 2.45) is 0 Å². The highest BCUT2D eigenvalue weighted by atomic mass is 16.5. The van der Waals surface area contributed by atoms with Gasteiger partial charge >= 0.3 is 5.97 Å². The van der Waals surface area contributed by atoms with Crippen LogP contribution in [0.1, 0.15) is 56.3 Å². The van der Waals surface area contributed by atoms with Gasteiger partial charge in [0.25, 0.3) is 11.8 Å². The zero-order chi connectivity index (χ0) is 29.5. The number of methoxy groups -OCH3 is 1. The van der Waals surface area contributed by atoms with Crippen LogP contribution in [0, 0.1) is 0 Å². The molecule has 0 heterocycles. The summed E-state index contributed by atoms with van der Waals surface area (Å²) in [5, 5.41) is 12.6. The van der Waals surface area contributed by atoms with Gasteiger partial charge in [-0.1, -0.05) is 78.9 Å². The van der Waals surface area contributed by atoms with Gasteiger partial charge < -0.3 is 20.1 Å². The molecule has 2 amide bonds. The lowest BCUT2D eigenvalue weighted by atomic mass is 9.94. The fraction of sp³-hybridized carbons (Fsp3) is 0.229. The molecule has 0 saturated heterocycles. The standard InChI is InChI=1S/C35H34N2O5/c1-42-32-17-9-3-11-25(32)20-22-37(23-21-33(38)39)35(41)30-16-8-6-14-28(30)27-13-5-7-15-29(27)34(40)36-31-19-18-24-10-2-4-12-26(24)31/h2-17,31H,18-23H2,1H3,(H,36,40)(H,38,39). The molecule has 4 aromatic rings. The molecule has 214 valence electrons. The molecular formula is C35H34N2O5. The monoisotopic (exact) mass is 562 g/mol. The Hall–Kier alpha value is -4.91. The maximum atomic E-state index is 14.0. The van der Waals surface area contributed by atoms with Crippen LogP contribution in [0.4, 0.5) is 0 Å². The number of nitrogens with zero attached hydrogens (tertiary/aromatic N) is 1. The van der Waals surface area contributed by atoms with Crippen molar-refractivity contribution >= 4 is 17.8 Å². The van der Waals surface area contributed by atoms with Gasteiger partial charge in [-0.3, -0.25) is 14.4 Å². The average Bonchev–Trinajstić information content (AvgIpc) is 3.43. The fourth-order valence-electron chi connectivity index (χ4n) is 5.64. The van der Waals surface area contributed by atoms with Crippen molar-refractivity contribution in [1.29, 1.82) is 0 Å². The van der Waals surface area contributed by atoms with Crippen LogP contribution < -0.4 is 10.1 Å². The van der Waals surface area contributed by atoms with E-state index in [0.717, 1.165) is 24.0 Å². The van der Waals surface area contributed by atoms with Crippen LogP contribution in [0.15, 0.2) is 97.1 Å². The SMILES string of the molecule is COc1ccccc1CCN(CCC(=O)O)C(=O)c1ccccc1-c1ccccc1C(=O)NC1CCc2ccccc21. The van der Waals surface area contributed by atoms with E-state index in [0.29, 0.717) is 41.0 Å². The summed E-state index contributed by atoms with van der Waals surface area (Å²) in [6, 6.07) is 30.1. The summed E-state index contributed by atoms with van der Waals surface area (Å²) in [7, 11) is 1.60. The Morgan fingerprint density at radius 1 is 0.833 bits per heavy atom. The van der Waals surface area contributed by atoms with E-state index in [2.05, 4.69) is 17.4 Å². The molecule has 0 fully saturated rings. The number of amides is 2. The highest BCUT2D eigenvalue weighted by Crippen LogP contribution is 2.33. The van der Waals surface area contributed by atoms with Gasteiger partial charge in [0.15, 0.2) is 0 Å². The first-order valence-corrected chi connectivity index (χ1v) is 14.2. The molecule has 5 rings (SSSR count). The molecule has 0 saturated carbocycles. The molecule has 2 N–H and O–H groups in total. The number of carbonyl (C=O) groups excluding carboxylic acids is 2. The quantitative estimate of drug-likeness (QED) is 0.236. The number of carbonyl (C=O) groups is 3. The Morgan fingerprint density at radius 3 is 2.24 bits per heavy atom. The summed E-state index contributed by atoms with van der Waals surface area (Å²) in [6.45, 7) is 0.366. The Bertz CT molecular complexity index is 1600. The number of aliphatic carboxylic acids is 1. The number of benzene rings is 4. The van der Waals surface area contributed by atoms with Gasteiger partial charge in [-0.25, -0.2) is 0 Å². The molecule has 0 radical (unpaired) electrons. The van der Waals surface area contributed by atoms with Gasteiger partial charge in [0.2, 0.25) is 0 Å². The molecule has 0 bridgehead atoms. The maximum absolute atomic E-state index is 14.0. The van der Waals surface area contributed by atoms with Crippen molar-refractivity contribution in [2.75, 3.05) is 20.2 Å². The Morgan fingerprint density at radius 2 is 1.48 bits per heavy atom. The Balaban J connectivity index is 1.43. The van der Waals surface area contributed by atoms with E-state index in [9.17, 15) is 19.5 Å². The lowest BCUT2D eigenvalue weighted by molar-refractivity contribution is -0.137. The van der Waals surface area contributed by atoms with Gasteiger partial charge in [0, 0.05) is 24.2 Å². The zero-order valence-corrected chi connectivity index (χ0v) is 23.6. The normalized spacial score (nSPS) is 13.7. The molecule has 1 aliphatic carbocycles. The fourth-order valence-corrected chi connectivity index (χ4v) is 5.64. The Labute approximate surface area is 245 Å². The molecule has 7 nitrogen and oxygen atoms in total. The Kier molecular flexibility index (Phi) is 8.97. The van der Waals surface area contributed by atoms with Gasteiger partial charge in [-0.15, -0.1) is 0 Å². The number of ether oxygens (including phenoxy) is 1. The highest BCUT2D eigenvalue weighted by molar-refractivity contribution is 6.06. The van der Waals surface area contributed by atoms with Crippen molar-refractivity contribution < 1.29 is 24.2 Å². The highest BCUT2D eigenvalue weighted by Gasteiger charge is 2.26. The number of fused-ring (bicyclic) bond motifs is 1. The van der Waals surface area contributed by atoms with Crippen LogP contribution in [0.3, 0.4) is 0 Å². The van der Waals surface area contributed by atoms with Crippen molar-refractivity contribution in [3.8, 4) is 16.9 Å². The average molecular weight is 563 g/mol. The van der Waals surface area contributed by atoms with Crippen molar-refractivity contribution in [3.05, 3.63) is 125 Å². The topological polar surface area (TPSA) is 95.9 Å². The first-order valence-electron chi connectivity index (χ1n) is 14.2. The first kappa shape index (κ1) is 28.6. The third kappa shape index (κ3) is 6.36. The molecule has 0 aliphatic heterocycles. The van der Waals surface area contributed by atoms with Crippen molar-refractivity contribution in [1.82, 2.24) is 10.2 Å². The number of rotatable bonds is 11.